The van der Waals surface area contributed by atoms with Gasteiger partial charge in [-0.25, -0.2) is 9.97 Å². The summed E-state index contributed by atoms with van der Waals surface area (Å²) < 4.78 is 5.57. The van der Waals surface area contributed by atoms with Crippen molar-refractivity contribution < 1.29 is 9.53 Å². The number of piperazine rings is 1. The molecule has 0 atom stereocenters. The third-order valence-corrected chi connectivity index (χ3v) is 5.75. The molecule has 1 saturated heterocycles. The molecule has 0 unspecified atom stereocenters. The molecule has 140 valence electrons. The number of aryl methyl sites for hydroxylation is 1. The lowest BCUT2D eigenvalue weighted by Crippen LogP contribution is -2.50. The van der Waals surface area contributed by atoms with Crippen LogP contribution in [-0.2, 0) is 4.79 Å². The second-order valence-electron chi connectivity index (χ2n) is 6.38. The van der Waals surface area contributed by atoms with E-state index in [0.29, 0.717) is 23.9 Å². The highest BCUT2D eigenvalue weighted by Gasteiger charge is 2.23. The van der Waals surface area contributed by atoms with Gasteiger partial charge in [-0.3, -0.25) is 4.79 Å². The molecule has 3 heterocycles. The number of anilines is 1. The first-order valence-corrected chi connectivity index (χ1v) is 9.92. The predicted molar refractivity (Wildman–Crippen MR) is 108 cm³/mol. The molecular weight excluding hydrogens is 384 g/mol. The molecule has 6 nitrogen and oxygen atoms in total. The molecule has 0 N–H and O–H groups in total. The van der Waals surface area contributed by atoms with Gasteiger partial charge in [-0.15, -0.1) is 11.3 Å². The van der Waals surface area contributed by atoms with Gasteiger partial charge in [-0.2, -0.15) is 0 Å². The molecule has 0 aliphatic carbocycles. The molecular formula is C19H19ClN4O2S. The molecule has 1 amide bonds. The Kier molecular flexibility index (Phi) is 5.13. The number of hydrogen-bond donors (Lipinski definition) is 0. The first-order valence-electron chi connectivity index (χ1n) is 8.72. The van der Waals surface area contributed by atoms with Gasteiger partial charge in [0.15, 0.2) is 6.61 Å². The van der Waals surface area contributed by atoms with Gasteiger partial charge in [-0.05, 0) is 37.3 Å². The van der Waals surface area contributed by atoms with E-state index in [1.165, 1.54) is 4.88 Å². The molecule has 27 heavy (non-hydrogen) atoms. The van der Waals surface area contributed by atoms with Crippen molar-refractivity contribution in [2.45, 2.75) is 6.92 Å². The Balaban J connectivity index is 1.35. The average molecular weight is 403 g/mol. The van der Waals surface area contributed by atoms with Crippen molar-refractivity contribution >= 4 is 44.9 Å². The molecule has 4 rings (SSSR count). The summed E-state index contributed by atoms with van der Waals surface area (Å²) >= 11 is 7.53. The van der Waals surface area contributed by atoms with Gasteiger partial charge >= 0.3 is 0 Å². The molecule has 0 spiro atoms. The fraction of sp³-hybridized carbons (Fsp3) is 0.316. The number of fused-ring (bicyclic) bond motifs is 1. The molecule has 1 aliphatic heterocycles. The number of thiophene rings is 1. The molecule has 1 aromatic carbocycles. The summed E-state index contributed by atoms with van der Waals surface area (Å²) in [5.41, 5.74) is 0. The number of ether oxygens (including phenoxy) is 1. The molecule has 0 bridgehead atoms. The van der Waals surface area contributed by atoms with E-state index in [1.54, 1.807) is 41.9 Å². The summed E-state index contributed by atoms with van der Waals surface area (Å²) in [6, 6.07) is 9.14. The zero-order chi connectivity index (χ0) is 18.8. The summed E-state index contributed by atoms with van der Waals surface area (Å²) in [6.45, 7) is 4.90. The second kappa shape index (κ2) is 7.70. The number of benzene rings is 1. The Morgan fingerprint density at radius 1 is 1.19 bits per heavy atom. The van der Waals surface area contributed by atoms with E-state index >= 15 is 0 Å². The van der Waals surface area contributed by atoms with Crippen LogP contribution < -0.4 is 9.64 Å². The van der Waals surface area contributed by atoms with Gasteiger partial charge in [0.2, 0.25) is 0 Å². The van der Waals surface area contributed by atoms with E-state index in [9.17, 15) is 4.79 Å². The number of aromatic nitrogens is 2. The van der Waals surface area contributed by atoms with Gasteiger partial charge in [0, 0.05) is 36.1 Å². The van der Waals surface area contributed by atoms with Gasteiger partial charge in [0.1, 0.15) is 22.7 Å². The Hall–Kier alpha value is -2.38. The quantitative estimate of drug-likeness (QED) is 0.669. The SMILES string of the molecule is Cc1cc2c(N3CCN(C(=O)COc4ccc(Cl)cc4)CC3)ncnc2s1. The Labute approximate surface area is 166 Å². The van der Waals surface area contributed by atoms with Crippen LogP contribution in [0.15, 0.2) is 36.7 Å². The van der Waals surface area contributed by atoms with Crippen LogP contribution in [0, 0.1) is 6.92 Å². The summed E-state index contributed by atoms with van der Waals surface area (Å²) in [4.78, 5) is 27.5. The highest BCUT2D eigenvalue weighted by Crippen LogP contribution is 2.30. The zero-order valence-corrected chi connectivity index (χ0v) is 16.5. The average Bonchev–Trinajstić information content (AvgIpc) is 3.07. The van der Waals surface area contributed by atoms with Crippen LogP contribution in [-0.4, -0.2) is 53.6 Å². The third kappa shape index (κ3) is 3.99. The first-order chi connectivity index (χ1) is 13.1. The zero-order valence-electron chi connectivity index (χ0n) is 14.9. The van der Waals surface area contributed by atoms with Gasteiger partial charge in [-0.1, -0.05) is 11.6 Å². The molecule has 8 heteroatoms. The van der Waals surface area contributed by atoms with E-state index in [4.69, 9.17) is 16.3 Å². The van der Waals surface area contributed by atoms with Crippen LogP contribution >= 0.6 is 22.9 Å². The fourth-order valence-electron chi connectivity index (χ4n) is 3.15. The van der Waals surface area contributed by atoms with Crippen LogP contribution in [0.3, 0.4) is 0 Å². The number of halogens is 1. The monoisotopic (exact) mass is 402 g/mol. The van der Waals surface area contributed by atoms with Crippen molar-refractivity contribution in [3.05, 3.63) is 46.6 Å². The highest BCUT2D eigenvalue weighted by atomic mass is 35.5. The van der Waals surface area contributed by atoms with Crippen LogP contribution in [0.4, 0.5) is 5.82 Å². The summed E-state index contributed by atoms with van der Waals surface area (Å²) in [5.74, 6) is 1.58. The molecule has 0 saturated carbocycles. The van der Waals surface area contributed by atoms with Crippen molar-refractivity contribution in [1.82, 2.24) is 14.9 Å². The highest BCUT2D eigenvalue weighted by molar-refractivity contribution is 7.18. The third-order valence-electron chi connectivity index (χ3n) is 4.54. The smallest absolute Gasteiger partial charge is 0.260 e. The summed E-state index contributed by atoms with van der Waals surface area (Å²) in [5, 5.41) is 1.73. The van der Waals surface area contributed by atoms with E-state index in [0.717, 1.165) is 29.1 Å². The van der Waals surface area contributed by atoms with Crippen molar-refractivity contribution in [3.63, 3.8) is 0 Å². The maximum atomic E-state index is 12.4. The number of amides is 1. The van der Waals surface area contributed by atoms with E-state index in [2.05, 4.69) is 27.9 Å². The van der Waals surface area contributed by atoms with Crippen molar-refractivity contribution in [3.8, 4) is 5.75 Å². The normalized spacial score (nSPS) is 14.6. The number of carbonyl (C=O) groups excluding carboxylic acids is 1. The molecule has 0 radical (unpaired) electrons. The van der Waals surface area contributed by atoms with Crippen molar-refractivity contribution in [2.75, 3.05) is 37.7 Å². The number of nitrogens with zero attached hydrogens (tertiary/aromatic N) is 4. The maximum Gasteiger partial charge on any atom is 0.260 e. The largest absolute Gasteiger partial charge is 0.484 e. The molecule has 2 aromatic heterocycles. The van der Waals surface area contributed by atoms with Gasteiger partial charge in [0.05, 0.1) is 5.39 Å². The fourth-order valence-corrected chi connectivity index (χ4v) is 4.12. The molecule has 1 fully saturated rings. The Morgan fingerprint density at radius 2 is 1.93 bits per heavy atom. The van der Waals surface area contributed by atoms with Gasteiger partial charge < -0.3 is 14.5 Å². The van der Waals surface area contributed by atoms with E-state index in [1.807, 2.05) is 4.90 Å². The lowest BCUT2D eigenvalue weighted by Gasteiger charge is -2.35. The van der Waals surface area contributed by atoms with Crippen molar-refractivity contribution in [2.24, 2.45) is 0 Å². The Bertz CT molecular complexity index is 952. The first kappa shape index (κ1) is 18.0. The summed E-state index contributed by atoms with van der Waals surface area (Å²) in [7, 11) is 0. The lowest BCUT2D eigenvalue weighted by molar-refractivity contribution is -0.133. The minimum absolute atomic E-state index is 0.0104. The van der Waals surface area contributed by atoms with Crippen LogP contribution in [0.1, 0.15) is 4.88 Å². The maximum absolute atomic E-state index is 12.4. The van der Waals surface area contributed by atoms with Crippen LogP contribution in [0.25, 0.3) is 10.2 Å². The predicted octanol–water partition coefficient (Wildman–Crippen LogP) is 3.38. The van der Waals surface area contributed by atoms with E-state index in [-0.39, 0.29) is 12.5 Å². The van der Waals surface area contributed by atoms with Gasteiger partial charge in [0.25, 0.3) is 5.91 Å². The number of carbonyl (C=O) groups is 1. The van der Waals surface area contributed by atoms with Crippen LogP contribution in [0.5, 0.6) is 5.75 Å². The Morgan fingerprint density at radius 3 is 2.67 bits per heavy atom. The lowest BCUT2D eigenvalue weighted by atomic mass is 10.2. The molecule has 3 aromatic rings. The minimum Gasteiger partial charge on any atom is -0.484 e. The van der Waals surface area contributed by atoms with Crippen molar-refractivity contribution in [1.29, 1.82) is 0 Å². The standard InChI is InChI=1S/C19H19ClN4O2S/c1-13-10-16-18(21-12-22-19(16)27-13)24-8-6-23(7-9-24)17(25)11-26-15-4-2-14(20)3-5-15/h2-5,10,12H,6-9,11H2,1H3. The topological polar surface area (TPSA) is 58.6 Å². The molecule has 1 aliphatic rings. The summed E-state index contributed by atoms with van der Waals surface area (Å²) in [6.07, 6.45) is 1.62. The second-order valence-corrected chi connectivity index (χ2v) is 8.05. The number of rotatable bonds is 4. The minimum atomic E-state index is -0.0104. The van der Waals surface area contributed by atoms with Crippen LogP contribution in [0.2, 0.25) is 5.02 Å². The van der Waals surface area contributed by atoms with E-state index < -0.39 is 0 Å². The number of hydrogen-bond acceptors (Lipinski definition) is 6.